The van der Waals surface area contributed by atoms with Crippen molar-refractivity contribution in [3.63, 3.8) is 0 Å². The van der Waals surface area contributed by atoms with Crippen molar-refractivity contribution in [2.45, 2.75) is 26.4 Å². The van der Waals surface area contributed by atoms with Crippen molar-refractivity contribution in [1.29, 1.82) is 0 Å². The number of halogens is 1. The summed E-state index contributed by atoms with van der Waals surface area (Å²) in [6, 6.07) is 9.72. The predicted octanol–water partition coefficient (Wildman–Crippen LogP) is 3.12. The number of hydrogen-bond donors (Lipinski definition) is 1. The number of carbonyl (C=O) groups excluding carboxylic acids is 1. The van der Waals surface area contributed by atoms with Gasteiger partial charge in [-0.3, -0.25) is 9.78 Å². The van der Waals surface area contributed by atoms with Gasteiger partial charge in [0.15, 0.2) is 0 Å². The number of hydrogen-bond acceptors (Lipinski definition) is 3. The summed E-state index contributed by atoms with van der Waals surface area (Å²) in [5.74, 6) is -0.442. The monoisotopic (exact) mass is 328 g/mol. The zero-order chi connectivity index (χ0) is 17.3. The first-order valence-electron chi connectivity index (χ1n) is 8.06. The van der Waals surface area contributed by atoms with Gasteiger partial charge in [-0.05, 0) is 30.2 Å². The molecule has 1 aliphatic heterocycles. The molecule has 0 bridgehead atoms. The molecule has 0 aliphatic carbocycles. The lowest BCUT2D eigenvalue weighted by molar-refractivity contribution is -0.0184. The topological polar surface area (TPSA) is 53.4 Å². The van der Waals surface area contributed by atoms with Crippen LogP contribution in [0.4, 0.5) is 4.39 Å². The van der Waals surface area contributed by atoms with E-state index in [0.717, 1.165) is 11.1 Å². The molecular formula is C19H21FN2O2. The molecule has 1 aromatic carbocycles. The number of pyridine rings is 1. The molecule has 0 spiro atoms. The van der Waals surface area contributed by atoms with Crippen LogP contribution in [0.25, 0.3) is 11.1 Å². The molecule has 4 nitrogen and oxygen atoms in total. The highest BCUT2D eigenvalue weighted by atomic mass is 19.1. The number of piperidine rings is 1. The van der Waals surface area contributed by atoms with Gasteiger partial charge in [-0.25, -0.2) is 4.39 Å². The zero-order valence-electron chi connectivity index (χ0n) is 13.9. The smallest absolute Gasteiger partial charge is 0.272 e. The van der Waals surface area contributed by atoms with Crippen LogP contribution in [-0.2, 0) is 0 Å². The Kier molecular flexibility index (Phi) is 4.37. The highest BCUT2D eigenvalue weighted by molar-refractivity contribution is 5.92. The molecule has 126 valence electrons. The number of likely N-dealkylation sites (tertiary alicyclic amines) is 1. The van der Waals surface area contributed by atoms with Crippen molar-refractivity contribution in [3.8, 4) is 11.1 Å². The van der Waals surface area contributed by atoms with Gasteiger partial charge in [-0.15, -0.1) is 0 Å². The van der Waals surface area contributed by atoms with Crippen LogP contribution in [0.3, 0.4) is 0 Å². The van der Waals surface area contributed by atoms with E-state index < -0.39 is 6.10 Å². The SMILES string of the molecule is CC1(C)CN(C(=O)c2ccc(-c3cccc(F)c3)cn2)CCC1O. The Morgan fingerprint density at radius 2 is 2.08 bits per heavy atom. The molecule has 1 fully saturated rings. The van der Waals surface area contributed by atoms with E-state index in [4.69, 9.17) is 0 Å². The fourth-order valence-corrected chi connectivity index (χ4v) is 3.04. The van der Waals surface area contributed by atoms with Crippen LogP contribution in [0.2, 0.25) is 0 Å². The second-order valence-corrected chi connectivity index (χ2v) is 6.96. The van der Waals surface area contributed by atoms with Crippen LogP contribution in [0, 0.1) is 11.2 Å². The van der Waals surface area contributed by atoms with Crippen LogP contribution < -0.4 is 0 Å². The molecular weight excluding hydrogens is 307 g/mol. The molecule has 1 amide bonds. The minimum absolute atomic E-state index is 0.138. The van der Waals surface area contributed by atoms with Gasteiger partial charge in [-0.1, -0.05) is 32.0 Å². The maximum absolute atomic E-state index is 13.3. The first-order valence-corrected chi connectivity index (χ1v) is 8.06. The normalized spacial score (nSPS) is 20.0. The van der Waals surface area contributed by atoms with Gasteiger partial charge >= 0.3 is 0 Å². The minimum Gasteiger partial charge on any atom is -0.392 e. The van der Waals surface area contributed by atoms with Crippen molar-refractivity contribution in [3.05, 3.63) is 54.1 Å². The molecule has 2 aromatic rings. The number of rotatable bonds is 2. The van der Waals surface area contributed by atoms with Gasteiger partial charge < -0.3 is 10.0 Å². The van der Waals surface area contributed by atoms with Gasteiger partial charge in [-0.2, -0.15) is 0 Å². The number of nitrogens with zero attached hydrogens (tertiary/aromatic N) is 2. The van der Waals surface area contributed by atoms with E-state index in [0.29, 0.717) is 25.2 Å². The molecule has 2 heterocycles. The summed E-state index contributed by atoms with van der Waals surface area (Å²) in [4.78, 5) is 18.6. The third-order valence-corrected chi connectivity index (χ3v) is 4.60. The number of benzene rings is 1. The fourth-order valence-electron chi connectivity index (χ4n) is 3.04. The lowest BCUT2D eigenvalue weighted by atomic mass is 9.81. The molecule has 5 heteroatoms. The molecule has 1 saturated heterocycles. The van der Waals surface area contributed by atoms with E-state index in [-0.39, 0.29) is 17.1 Å². The molecule has 1 aliphatic rings. The Balaban J connectivity index is 1.77. The van der Waals surface area contributed by atoms with Crippen LogP contribution in [0.5, 0.6) is 0 Å². The third kappa shape index (κ3) is 3.31. The Morgan fingerprint density at radius 1 is 1.29 bits per heavy atom. The highest BCUT2D eigenvalue weighted by Gasteiger charge is 2.36. The minimum atomic E-state index is -0.398. The van der Waals surface area contributed by atoms with Gasteiger partial charge in [0.2, 0.25) is 0 Å². The molecule has 1 unspecified atom stereocenters. The standard InChI is InChI=1S/C19H21FN2O2/c1-19(2)12-22(9-8-17(19)23)18(24)16-7-6-14(11-21-16)13-4-3-5-15(20)10-13/h3-7,10-11,17,23H,8-9,12H2,1-2H3. The Labute approximate surface area is 141 Å². The summed E-state index contributed by atoms with van der Waals surface area (Å²) < 4.78 is 13.3. The van der Waals surface area contributed by atoms with E-state index in [1.165, 1.54) is 12.1 Å². The van der Waals surface area contributed by atoms with Crippen LogP contribution >= 0.6 is 0 Å². The highest BCUT2D eigenvalue weighted by Crippen LogP contribution is 2.30. The maximum Gasteiger partial charge on any atom is 0.272 e. The van der Waals surface area contributed by atoms with Crippen LogP contribution in [0.1, 0.15) is 30.8 Å². The maximum atomic E-state index is 13.3. The lowest BCUT2D eigenvalue weighted by Gasteiger charge is -2.41. The summed E-state index contributed by atoms with van der Waals surface area (Å²) >= 11 is 0. The van der Waals surface area contributed by atoms with E-state index in [1.54, 1.807) is 35.4 Å². The average Bonchev–Trinajstić information content (AvgIpc) is 2.57. The molecule has 24 heavy (non-hydrogen) atoms. The van der Waals surface area contributed by atoms with E-state index >= 15 is 0 Å². The van der Waals surface area contributed by atoms with Crippen molar-refractivity contribution in [2.75, 3.05) is 13.1 Å². The zero-order valence-corrected chi connectivity index (χ0v) is 13.9. The van der Waals surface area contributed by atoms with Gasteiger partial charge in [0.1, 0.15) is 11.5 Å². The number of aromatic nitrogens is 1. The number of aliphatic hydroxyl groups is 1. The lowest BCUT2D eigenvalue weighted by Crippen LogP contribution is -2.50. The summed E-state index contributed by atoms with van der Waals surface area (Å²) in [6.07, 6.45) is 1.76. The van der Waals surface area contributed by atoms with E-state index in [9.17, 15) is 14.3 Å². The third-order valence-electron chi connectivity index (χ3n) is 4.60. The summed E-state index contributed by atoms with van der Waals surface area (Å²) in [5, 5.41) is 10.0. The Morgan fingerprint density at radius 3 is 2.71 bits per heavy atom. The average molecular weight is 328 g/mol. The molecule has 3 rings (SSSR count). The summed E-state index contributed by atoms with van der Waals surface area (Å²) in [7, 11) is 0. The van der Waals surface area contributed by atoms with Crippen LogP contribution in [0.15, 0.2) is 42.6 Å². The van der Waals surface area contributed by atoms with Gasteiger partial charge in [0.05, 0.1) is 6.10 Å². The molecule has 1 aromatic heterocycles. The van der Waals surface area contributed by atoms with Gasteiger partial charge in [0.25, 0.3) is 5.91 Å². The van der Waals surface area contributed by atoms with Crippen molar-refractivity contribution < 1.29 is 14.3 Å². The molecule has 1 atom stereocenters. The number of carbonyl (C=O) groups is 1. The summed E-state index contributed by atoms with van der Waals surface area (Å²) in [5.41, 5.74) is 1.53. The van der Waals surface area contributed by atoms with Crippen molar-refractivity contribution in [1.82, 2.24) is 9.88 Å². The number of aliphatic hydroxyl groups excluding tert-OH is 1. The van der Waals surface area contributed by atoms with Crippen molar-refractivity contribution >= 4 is 5.91 Å². The second-order valence-electron chi connectivity index (χ2n) is 6.96. The van der Waals surface area contributed by atoms with Crippen molar-refractivity contribution in [2.24, 2.45) is 5.41 Å². The Bertz CT molecular complexity index is 743. The Hall–Kier alpha value is -2.27. The molecule has 0 radical (unpaired) electrons. The number of amides is 1. The first-order chi connectivity index (χ1) is 11.4. The molecule has 1 N–H and O–H groups in total. The second kappa shape index (κ2) is 6.32. The van der Waals surface area contributed by atoms with Crippen LogP contribution in [-0.4, -0.2) is 40.1 Å². The summed E-state index contributed by atoms with van der Waals surface area (Å²) in [6.45, 7) is 4.94. The quantitative estimate of drug-likeness (QED) is 0.921. The predicted molar refractivity (Wildman–Crippen MR) is 89.9 cm³/mol. The first kappa shape index (κ1) is 16.6. The largest absolute Gasteiger partial charge is 0.392 e. The fraction of sp³-hybridized carbons (Fsp3) is 0.368. The van der Waals surface area contributed by atoms with E-state index in [1.807, 2.05) is 13.8 Å². The van der Waals surface area contributed by atoms with E-state index in [2.05, 4.69) is 4.98 Å². The molecule has 0 saturated carbocycles. The van der Waals surface area contributed by atoms with Gasteiger partial charge in [0, 0.05) is 30.3 Å².